The van der Waals surface area contributed by atoms with Gasteiger partial charge in [0.2, 0.25) is 0 Å². The van der Waals surface area contributed by atoms with E-state index in [1.165, 1.54) is 0 Å². The predicted octanol–water partition coefficient (Wildman–Crippen LogP) is 1.80. The van der Waals surface area contributed by atoms with Crippen molar-refractivity contribution in [1.29, 1.82) is 0 Å². The van der Waals surface area contributed by atoms with E-state index in [0.717, 1.165) is 0 Å². The summed E-state index contributed by atoms with van der Waals surface area (Å²) >= 11 is 0. The molecule has 0 amide bonds. The molecule has 10 heteroatoms. The van der Waals surface area contributed by atoms with Gasteiger partial charge in [0, 0.05) is 12.3 Å². The predicted molar refractivity (Wildman–Crippen MR) is 102 cm³/mol. The summed E-state index contributed by atoms with van der Waals surface area (Å²) < 4.78 is 39.0. The average molecular weight is 437 g/mol. The van der Waals surface area contributed by atoms with E-state index >= 15 is 0 Å². The molecule has 2 fully saturated rings. The second-order valence-corrected chi connectivity index (χ2v) is 9.87. The SMILES string of the molecule is CC(C)OC[C@H]1C(O)[C@@H](C)C[C@H]1OP(=O)([O-])OC(=O)[C@H]1O[C@@H](C)C[C@H]1OC(C)C. The quantitative estimate of drug-likeness (QED) is 0.538. The lowest BCUT2D eigenvalue weighted by Gasteiger charge is -2.30. The molecule has 0 bridgehead atoms. The van der Waals surface area contributed by atoms with Gasteiger partial charge in [-0.2, -0.15) is 0 Å². The van der Waals surface area contributed by atoms with Crippen molar-refractivity contribution in [2.24, 2.45) is 11.8 Å². The van der Waals surface area contributed by atoms with Crippen LogP contribution >= 0.6 is 7.82 Å². The van der Waals surface area contributed by atoms with Crippen LogP contribution in [0.3, 0.4) is 0 Å². The lowest BCUT2D eigenvalue weighted by Crippen LogP contribution is -2.37. The van der Waals surface area contributed by atoms with Gasteiger partial charge >= 0.3 is 13.8 Å². The number of carbonyl (C=O) groups is 1. The van der Waals surface area contributed by atoms with Crippen LogP contribution in [0.5, 0.6) is 0 Å². The molecule has 2 aliphatic rings. The van der Waals surface area contributed by atoms with E-state index in [2.05, 4.69) is 0 Å². The van der Waals surface area contributed by atoms with Crippen molar-refractivity contribution in [1.82, 2.24) is 0 Å². The minimum absolute atomic E-state index is 0.0740. The molecule has 1 aliphatic carbocycles. The third kappa shape index (κ3) is 6.99. The van der Waals surface area contributed by atoms with Gasteiger partial charge in [0.25, 0.3) is 0 Å². The molecule has 1 saturated heterocycles. The van der Waals surface area contributed by atoms with Gasteiger partial charge in [0.1, 0.15) is 0 Å². The molecule has 1 N–H and O–H groups in total. The Bertz CT molecular complexity index is 596. The molecule has 0 radical (unpaired) electrons. The molecule has 1 heterocycles. The van der Waals surface area contributed by atoms with E-state index in [1.807, 2.05) is 27.7 Å². The molecule has 2 rings (SSSR count). The number of rotatable bonds is 9. The monoisotopic (exact) mass is 437 g/mol. The number of ether oxygens (including phenoxy) is 3. The fraction of sp³-hybridized carbons (Fsp3) is 0.947. The smallest absolute Gasteiger partial charge is 0.343 e. The van der Waals surface area contributed by atoms with Crippen LogP contribution in [0, 0.1) is 11.8 Å². The topological polar surface area (TPSA) is 124 Å². The van der Waals surface area contributed by atoms with Crippen LogP contribution in [0.1, 0.15) is 54.4 Å². The molecule has 2 unspecified atom stereocenters. The number of hydrogen-bond donors (Lipinski definition) is 1. The van der Waals surface area contributed by atoms with E-state index < -0.39 is 44.1 Å². The molecule has 0 aromatic carbocycles. The zero-order valence-electron chi connectivity index (χ0n) is 18.0. The summed E-state index contributed by atoms with van der Waals surface area (Å²) in [7, 11) is -4.97. The third-order valence-corrected chi connectivity index (χ3v) is 6.08. The summed E-state index contributed by atoms with van der Waals surface area (Å²) in [6, 6.07) is 0. The standard InChI is InChI=1S/C19H35O9P/c1-10(2)24-9-14-15(7-12(5)17(14)20)27-29(22,23)28-19(21)18-16(25-11(3)4)8-13(6)26-18/h10-18,20H,7-9H2,1-6H3,(H,22,23)/p-1/t12-,13-,14+,15+,16+,17?,18-/m0/s1. The summed E-state index contributed by atoms with van der Waals surface area (Å²) in [5, 5.41) is 10.3. The first kappa shape index (κ1) is 24.7. The van der Waals surface area contributed by atoms with Gasteiger partial charge in [-0.1, -0.05) is 6.92 Å². The van der Waals surface area contributed by atoms with Gasteiger partial charge in [0.05, 0.1) is 43.2 Å². The molecule has 29 heavy (non-hydrogen) atoms. The van der Waals surface area contributed by atoms with Crippen LogP contribution in [-0.4, -0.2) is 60.4 Å². The van der Waals surface area contributed by atoms with Crippen molar-refractivity contribution in [3.05, 3.63) is 0 Å². The summed E-state index contributed by atoms with van der Waals surface area (Å²) in [4.78, 5) is 24.8. The molecule has 1 aliphatic heterocycles. The molecular weight excluding hydrogens is 403 g/mol. The van der Waals surface area contributed by atoms with Crippen LogP contribution in [0.25, 0.3) is 0 Å². The lowest BCUT2D eigenvalue weighted by atomic mass is 10.0. The Labute approximate surface area is 172 Å². The van der Waals surface area contributed by atoms with Crippen LogP contribution in [0.4, 0.5) is 0 Å². The molecule has 0 aromatic heterocycles. The van der Waals surface area contributed by atoms with E-state index in [9.17, 15) is 19.4 Å². The van der Waals surface area contributed by atoms with Crippen molar-refractivity contribution in [3.63, 3.8) is 0 Å². The highest BCUT2D eigenvalue weighted by Crippen LogP contribution is 2.47. The zero-order chi connectivity index (χ0) is 21.9. The number of carbonyl (C=O) groups excluding carboxylic acids is 1. The van der Waals surface area contributed by atoms with Crippen molar-refractivity contribution in [2.45, 2.75) is 97.1 Å². The Hall–Kier alpha value is -0.540. The fourth-order valence-corrected chi connectivity index (χ4v) is 4.77. The Balaban J connectivity index is 2.00. The highest BCUT2D eigenvalue weighted by molar-refractivity contribution is 7.46. The van der Waals surface area contributed by atoms with Crippen molar-refractivity contribution in [2.75, 3.05) is 6.61 Å². The Morgan fingerprint density at radius 2 is 1.83 bits per heavy atom. The molecule has 1 saturated carbocycles. The maximum atomic E-state index is 12.4. The van der Waals surface area contributed by atoms with E-state index in [-0.39, 0.29) is 30.8 Å². The highest BCUT2D eigenvalue weighted by Gasteiger charge is 2.45. The van der Waals surface area contributed by atoms with Gasteiger partial charge in [0.15, 0.2) is 6.10 Å². The van der Waals surface area contributed by atoms with Crippen molar-refractivity contribution < 1.29 is 42.6 Å². The Morgan fingerprint density at radius 1 is 1.17 bits per heavy atom. The molecule has 0 spiro atoms. The first-order chi connectivity index (χ1) is 13.4. The van der Waals surface area contributed by atoms with Gasteiger partial charge in [-0.3, -0.25) is 4.57 Å². The minimum atomic E-state index is -4.97. The third-order valence-electron chi connectivity index (χ3n) is 5.15. The number of phosphoric acid groups is 1. The maximum absolute atomic E-state index is 12.4. The molecule has 170 valence electrons. The second kappa shape index (κ2) is 10.2. The Morgan fingerprint density at radius 3 is 2.41 bits per heavy atom. The van der Waals surface area contributed by atoms with Gasteiger partial charge < -0.3 is 33.3 Å². The highest BCUT2D eigenvalue weighted by atomic mass is 31.2. The molecular formula is C19H34O9P-. The van der Waals surface area contributed by atoms with E-state index in [1.54, 1.807) is 13.8 Å². The van der Waals surface area contributed by atoms with Gasteiger partial charge in [-0.25, -0.2) is 4.79 Å². The van der Waals surface area contributed by atoms with Crippen LogP contribution in [-0.2, 0) is 32.6 Å². The number of aliphatic hydroxyl groups is 1. The van der Waals surface area contributed by atoms with Crippen molar-refractivity contribution in [3.8, 4) is 0 Å². The maximum Gasteiger partial charge on any atom is 0.343 e. The lowest BCUT2D eigenvalue weighted by molar-refractivity contribution is -0.232. The Kier molecular flexibility index (Phi) is 8.68. The number of phosphoric ester groups is 1. The summed E-state index contributed by atoms with van der Waals surface area (Å²) in [6.45, 7) is 11.1. The van der Waals surface area contributed by atoms with Crippen molar-refractivity contribution >= 4 is 13.8 Å². The van der Waals surface area contributed by atoms with Crippen LogP contribution in [0.15, 0.2) is 0 Å². The normalized spacial score (nSPS) is 37.2. The summed E-state index contributed by atoms with van der Waals surface area (Å²) in [6.07, 6.45) is -3.03. The van der Waals surface area contributed by atoms with E-state index in [0.29, 0.717) is 12.8 Å². The average Bonchev–Trinajstić information content (AvgIpc) is 3.04. The number of aliphatic hydroxyl groups excluding tert-OH is 1. The van der Waals surface area contributed by atoms with Crippen LogP contribution in [0.2, 0.25) is 0 Å². The van der Waals surface area contributed by atoms with Gasteiger partial charge in [-0.15, -0.1) is 0 Å². The zero-order valence-corrected chi connectivity index (χ0v) is 18.9. The first-order valence-corrected chi connectivity index (χ1v) is 11.7. The van der Waals surface area contributed by atoms with Crippen LogP contribution < -0.4 is 4.89 Å². The molecule has 8 atom stereocenters. The minimum Gasteiger partial charge on any atom is -0.746 e. The first-order valence-electron chi connectivity index (χ1n) is 10.2. The molecule has 0 aromatic rings. The van der Waals surface area contributed by atoms with E-state index in [4.69, 9.17) is 23.3 Å². The molecule has 9 nitrogen and oxygen atoms in total. The summed E-state index contributed by atoms with van der Waals surface area (Å²) in [5.41, 5.74) is 0. The second-order valence-electron chi connectivity index (χ2n) is 8.58. The fourth-order valence-electron chi connectivity index (χ4n) is 3.83. The summed E-state index contributed by atoms with van der Waals surface area (Å²) in [5.74, 6) is -1.76. The number of hydrogen-bond acceptors (Lipinski definition) is 9. The van der Waals surface area contributed by atoms with Gasteiger partial charge in [-0.05, 0) is 47.0 Å². The largest absolute Gasteiger partial charge is 0.746 e.